The molecule has 0 unspecified atom stereocenters. The molecule has 3 aromatic rings. The van der Waals surface area contributed by atoms with E-state index in [1.807, 2.05) is 24.3 Å². The lowest BCUT2D eigenvalue weighted by molar-refractivity contribution is -0.384. The number of benzene rings is 2. The SMILES string of the molecule is COc1cc([N+](=O)[O-])ccc1NC(=O)c1ccn(COc2ccc(C(C)(C)C)cc2)n1. The summed E-state index contributed by atoms with van der Waals surface area (Å²) in [5, 5.41) is 17.7. The Morgan fingerprint density at radius 3 is 2.48 bits per heavy atom. The van der Waals surface area contributed by atoms with Crippen molar-refractivity contribution in [1.29, 1.82) is 0 Å². The molecule has 0 spiro atoms. The predicted octanol–water partition coefficient (Wildman–Crippen LogP) is 4.39. The molecule has 0 aliphatic carbocycles. The number of carbonyl (C=O) groups excluding carboxylic acids is 1. The van der Waals surface area contributed by atoms with Crippen LogP contribution in [0.5, 0.6) is 11.5 Å². The first kappa shape index (κ1) is 21.8. The van der Waals surface area contributed by atoms with Crippen molar-refractivity contribution in [1.82, 2.24) is 9.78 Å². The van der Waals surface area contributed by atoms with E-state index in [2.05, 4.69) is 31.2 Å². The van der Waals surface area contributed by atoms with Gasteiger partial charge in [0.25, 0.3) is 11.6 Å². The van der Waals surface area contributed by atoms with Gasteiger partial charge in [-0.3, -0.25) is 14.9 Å². The largest absolute Gasteiger partial charge is 0.494 e. The molecule has 0 saturated carbocycles. The highest BCUT2D eigenvalue weighted by Crippen LogP contribution is 2.29. The minimum atomic E-state index is -0.535. The zero-order chi connectivity index (χ0) is 22.6. The molecule has 0 saturated heterocycles. The fourth-order valence-corrected chi connectivity index (χ4v) is 2.83. The monoisotopic (exact) mass is 424 g/mol. The van der Waals surface area contributed by atoms with E-state index in [1.165, 1.54) is 35.6 Å². The van der Waals surface area contributed by atoms with E-state index in [1.54, 1.807) is 12.3 Å². The van der Waals surface area contributed by atoms with Crippen LogP contribution in [-0.2, 0) is 12.1 Å². The third kappa shape index (κ3) is 5.39. The van der Waals surface area contributed by atoms with Crippen molar-refractivity contribution in [3.8, 4) is 11.5 Å². The number of nitro groups is 1. The summed E-state index contributed by atoms with van der Waals surface area (Å²) < 4.78 is 12.4. The van der Waals surface area contributed by atoms with Gasteiger partial charge in [-0.15, -0.1) is 0 Å². The summed E-state index contributed by atoms with van der Waals surface area (Å²) in [7, 11) is 1.37. The topological polar surface area (TPSA) is 109 Å². The lowest BCUT2D eigenvalue weighted by Gasteiger charge is -2.19. The van der Waals surface area contributed by atoms with Crippen LogP contribution in [0, 0.1) is 10.1 Å². The van der Waals surface area contributed by atoms with E-state index in [4.69, 9.17) is 9.47 Å². The Bertz CT molecular complexity index is 1080. The van der Waals surface area contributed by atoms with Crippen molar-refractivity contribution in [2.75, 3.05) is 12.4 Å². The summed E-state index contributed by atoms with van der Waals surface area (Å²) in [6.07, 6.45) is 1.63. The van der Waals surface area contributed by atoms with E-state index in [0.717, 1.165) is 0 Å². The normalized spacial score (nSPS) is 11.1. The summed E-state index contributed by atoms with van der Waals surface area (Å²) in [6, 6.07) is 13.3. The third-order valence-electron chi connectivity index (χ3n) is 4.60. The van der Waals surface area contributed by atoms with Gasteiger partial charge in [0.15, 0.2) is 12.4 Å². The van der Waals surface area contributed by atoms with Crippen LogP contribution >= 0.6 is 0 Å². The molecule has 0 aliphatic heterocycles. The lowest BCUT2D eigenvalue weighted by Crippen LogP contribution is -2.15. The van der Waals surface area contributed by atoms with Crippen molar-refractivity contribution in [2.24, 2.45) is 0 Å². The summed E-state index contributed by atoms with van der Waals surface area (Å²) in [4.78, 5) is 22.9. The Morgan fingerprint density at radius 2 is 1.87 bits per heavy atom. The average Bonchev–Trinajstić information content (AvgIpc) is 3.21. The van der Waals surface area contributed by atoms with E-state index in [9.17, 15) is 14.9 Å². The molecule has 1 aromatic heterocycles. The number of methoxy groups -OCH3 is 1. The number of amides is 1. The fraction of sp³-hybridized carbons (Fsp3) is 0.273. The number of nitrogens with one attached hydrogen (secondary N) is 1. The molecule has 0 radical (unpaired) electrons. The lowest BCUT2D eigenvalue weighted by atomic mass is 9.87. The van der Waals surface area contributed by atoms with Crippen molar-refractivity contribution in [2.45, 2.75) is 32.9 Å². The molecule has 0 atom stereocenters. The van der Waals surface area contributed by atoms with Gasteiger partial charge < -0.3 is 14.8 Å². The summed E-state index contributed by atoms with van der Waals surface area (Å²) in [5.41, 5.74) is 1.62. The van der Waals surface area contributed by atoms with Gasteiger partial charge in [0, 0.05) is 12.3 Å². The van der Waals surface area contributed by atoms with Crippen LogP contribution in [0.2, 0.25) is 0 Å². The zero-order valence-electron chi connectivity index (χ0n) is 17.8. The number of ether oxygens (including phenoxy) is 2. The van der Waals surface area contributed by atoms with Gasteiger partial charge >= 0.3 is 0 Å². The summed E-state index contributed by atoms with van der Waals surface area (Å²) in [6.45, 7) is 6.57. The molecule has 9 nitrogen and oxygen atoms in total. The number of hydrogen-bond acceptors (Lipinski definition) is 6. The van der Waals surface area contributed by atoms with Crippen molar-refractivity contribution >= 4 is 17.3 Å². The summed E-state index contributed by atoms with van der Waals surface area (Å²) in [5.74, 6) is 0.412. The van der Waals surface area contributed by atoms with E-state index in [-0.39, 0.29) is 29.3 Å². The Balaban J connectivity index is 1.63. The first-order chi connectivity index (χ1) is 14.7. The molecule has 2 aromatic carbocycles. The van der Waals surface area contributed by atoms with E-state index in [0.29, 0.717) is 11.4 Å². The van der Waals surface area contributed by atoms with Gasteiger partial charge in [0.2, 0.25) is 0 Å². The Kier molecular flexibility index (Phi) is 6.24. The number of non-ortho nitro benzene ring substituents is 1. The molecule has 3 rings (SSSR count). The summed E-state index contributed by atoms with van der Waals surface area (Å²) >= 11 is 0. The molecule has 162 valence electrons. The van der Waals surface area contributed by atoms with Crippen LogP contribution in [0.4, 0.5) is 11.4 Å². The quantitative estimate of drug-likeness (QED) is 0.445. The zero-order valence-corrected chi connectivity index (χ0v) is 17.8. The Labute approximate surface area is 179 Å². The fourth-order valence-electron chi connectivity index (χ4n) is 2.83. The molecule has 9 heteroatoms. The van der Waals surface area contributed by atoms with Gasteiger partial charge in [-0.2, -0.15) is 5.10 Å². The molecule has 1 heterocycles. The minimum Gasteiger partial charge on any atom is -0.494 e. The highest BCUT2D eigenvalue weighted by molar-refractivity contribution is 6.03. The number of anilines is 1. The number of nitro benzene ring substituents is 1. The van der Waals surface area contributed by atoms with Crippen LogP contribution in [-0.4, -0.2) is 27.7 Å². The van der Waals surface area contributed by atoms with Crippen molar-refractivity contribution in [3.63, 3.8) is 0 Å². The number of carbonyl (C=O) groups is 1. The number of aromatic nitrogens is 2. The number of hydrogen-bond donors (Lipinski definition) is 1. The second-order valence-electron chi connectivity index (χ2n) is 7.88. The second kappa shape index (κ2) is 8.86. The minimum absolute atomic E-state index is 0.0646. The maximum Gasteiger partial charge on any atom is 0.276 e. The highest BCUT2D eigenvalue weighted by Gasteiger charge is 2.16. The smallest absolute Gasteiger partial charge is 0.276 e. The number of rotatable bonds is 7. The molecule has 0 aliphatic rings. The molecule has 1 amide bonds. The molecular formula is C22H24N4O5. The molecular weight excluding hydrogens is 400 g/mol. The van der Waals surface area contributed by atoms with Gasteiger partial charge in [-0.25, -0.2) is 4.68 Å². The molecule has 1 N–H and O–H groups in total. The third-order valence-corrected chi connectivity index (χ3v) is 4.60. The van der Waals surface area contributed by atoms with Crippen LogP contribution in [0.1, 0.15) is 36.8 Å². The molecule has 0 bridgehead atoms. The van der Waals surface area contributed by atoms with Crippen LogP contribution in [0.25, 0.3) is 0 Å². The van der Waals surface area contributed by atoms with Crippen molar-refractivity contribution < 1.29 is 19.2 Å². The van der Waals surface area contributed by atoms with E-state index >= 15 is 0 Å². The molecule has 0 fully saturated rings. The van der Waals surface area contributed by atoms with Crippen molar-refractivity contribution in [3.05, 3.63) is 76.1 Å². The second-order valence-corrected chi connectivity index (χ2v) is 7.88. The average molecular weight is 424 g/mol. The Hall–Kier alpha value is -3.88. The Morgan fingerprint density at radius 1 is 1.16 bits per heavy atom. The number of nitrogens with zero attached hydrogens (tertiary/aromatic N) is 3. The predicted molar refractivity (Wildman–Crippen MR) is 116 cm³/mol. The molecule has 31 heavy (non-hydrogen) atoms. The first-order valence-corrected chi connectivity index (χ1v) is 9.58. The highest BCUT2D eigenvalue weighted by atomic mass is 16.6. The maximum atomic E-state index is 12.5. The van der Waals surface area contributed by atoms with Crippen LogP contribution in [0.15, 0.2) is 54.7 Å². The van der Waals surface area contributed by atoms with Gasteiger partial charge in [0.1, 0.15) is 11.5 Å². The van der Waals surface area contributed by atoms with Gasteiger partial charge in [0.05, 0.1) is 23.8 Å². The standard InChI is InChI=1S/C22H24N4O5/c1-22(2,3)15-5-8-17(9-6-15)31-14-25-12-11-19(24-25)21(27)23-18-10-7-16(26(28)29)13-20(18)30-4/h5-13H,14H2,1-4H3,(H,23,27). The van der Waals surface area contributed by atoms with Crippen LogP contribution in [0.3, 0.4) is 0 Å². The van der Waals surface area contributed by atoms with Gasteiger partial charge in [-0.1, -0.05) is 32.9 Å². The van der Waals surface area contributed by atoms with Gasteiger partial charge in [-0.05, 0) is 35.2 Å². The maximum absolute atomic E-state index is 12.5. The van der Waals surface area contributed by atoms with E-state index < -0.39 is 10.8 Å². The first-order valence-electron chi connectivity index (χ1n) is 9.58. The van der Waals surface area contributed by atoms with Crippen LogP contribution < -0.4 is 14.8 Å².